The van der Waals surface area contributed by atoms with E-state index >= 15 is 0 Å². The minimum absolute atomic E-state index is 0.0994. The maximum atomic E-state index is 11.9. The second kappa shape index (κ2) is 3.75. The molecule has 2 fully saturated rings. The molecule has 1 aliphatic heterocycles. The van der Waals surface area contributed by atoms with Gasteiger partial charge >= 0.3 is 6.09 Å². The Labute approximate surface area is 95.9 Å². The lowest BCUT2D eigenvalue weighted by Crippen LogP contribution is -2.40. The fraction of sp³-hybridized carbons (Fsp3) is 0.833. The monoisotopic (exact) mass is 225 g/mol. The summed E-state index contributed by atoms with van der Waals surface area (Å²) < 4.78 is 5.31. The molecule has 1 amide bonds. The van der Waals surface area contributed by atoms with Crippen molar-refractivity contribution in [1.29, 1.82) is 0 Å². The normalized spacial score (nSPS) is 26.1. The molecule has 90 valence electrons. The summed E-state index contributed by atoms with van der Waals surface area (Å²) in [5, 5.41) is 0. The molecule has 0 radical (unpaired) electrons. The van der Waals surface area contributed by atoms with Gasteiger partial charge < -0.3 is 4.74 Å². The number of likely N-dealkylation sites (tertiary alicyclic amines) is 1. The molecule has 0 bridgehead atoms. The number of hydrogen-bond donors (Lipinski definition) is 0. The summed E-state index contributed by atoms with van der Waals surface area (Å²) in [5.74, 6) is 0.682. The van der Waals surface area contributed by atoms with Gasteiger partial charge in [-0.05, 0) is 39.5 Å². The zero-order valence-corrected chi connectivity index (χ0v) is 10.2. The molecule has 2 aliphatic rings. The van der Waals surface area contributed by atoms with Gasteiger partial charge in [-0.3, -0.25) is 9.69 Å². The molecule has 0 N–H and O–H groups in total. The Morgan fingerprint density at radius 3 is 2.50 bits per heavy atom. The maximum absolute atomic E-state index is 11.9. The second-order valence-electron chi connectivity index (χ2n) is 5.76. The third-order valence-electron chi connectivity index (χ3n) is 2.98. The summed E-state index contributed by atoms with van der Waals surface area (Å²) >= 11 is 0. The summed E-state index contributed by atoms with van der Waals surface area (Å²) in [6.45, 7) is 5.76. The number of Topliss-reactive ketones (excluding diaryl/α,β-unsaturated/α-hetero) is 1. The van der Waals surface area contributed by atoms with Crippen LogP contribution in [0.4, 0.5) is 4.79 Å². The van der Waals surface area contributed by atoms with E-state index in [1.807, 2.05) is 20.8 Å². The third kappa shape index (κ3) is 2.54. The van der Waals surface area contributed by atoms with E-state index in [1.165, 1.54) is 0 Å². The molecule has 1 saturated carbocycles. The quantitative estimate of drug-likeness (QED) is 0.685. The average Bonchev–Trinajstić information content (AvgIpc) is 2.87. The fourth-order valence-electron chi connectivity index (χ4n) is 2.14. The molecule has 0 spiro atoms. The van der Waals surface area contributed by atoms with E-state index in [2.05, 4.69) is 0 Å². The molecule has 0 aromatic carbocycles. The molecule has 0 aromatic heterocycles. The number of rotatable bonds is 1. The summed E-state index contributed by atoms with van der Waals surface area (Å²) in [7, 11) is 0. The molecular formula is C12H19NO3. The predicted molar refractivity (Wildman–Crippen MR) is 59.1 cm³/mol. The first-order valence-corrected chi connectivity index (χ1v) is 5.88. The standard InChI is InChI=1S/C12H19NO3/c1-12(2,3)16-11(15)13-7-9(14)6-10(13)8-4-5-8/h8,10H,4-7H2,1-3H3. The summed E-state index contributed by atoms with van der Waals surface area (Å²) in [5.41, 5.74) is -0.489. The molecular weight excluding hydrogens is 206 g/mol. The number of nitrogens with zero attached hydrogens (tertiary/aromatic N) is 1. The molecule has 4 nitrogen and oxygen atoms in total. The number of carbonyl (C=O) groups excluding carboxylic acids is 2. The number of ether oxygens (including phenoxy) is 1. The highest BCUT2D eigenvalue weighted by molar-refractivity contribution is 5.88. The molecule has 1 unspecified atom stereocenters. The van der Waals surface area contributed by atoms with Crippen LogP contribution in [0.2, 0.25) is 0 Å². The molecule has 16 heavy (non-hydrogen) atoms. The molecule has 4 heteroatoms. The highest BCUT2D eigenvalue weighted by atomic mass is 16.6. The van der Waals surface area contributed by atoms with Gasteiger partial charge in [-0.15, -0.1) is 0 Å². The van der Waals surface area contributed by atoms with Crippen molar-refractivity contribution in [3.63, 3.8) is 0 Å². The van der Waals surface area contributed by atoms with Crippen molar-refractivity contribution in [3.05, 3.63) is 0 Å². The smallest absolute Gasteiger partial charge is 0.410 e. The maximum Gasteiger partial charge on any atom is 0.410 e. The van der Waals surface area contributed by atoms with Crippen LogP contribution in [0.25, 0.3) is 0 Å². The Morgan fingerprint density at radius 2 is 2.00 bits per heavy atom. The van der Waals surface area contributed by atoms with Crippen LogP contribution in [0.5, 0.6) is 0 Å². The molecule has 1 aliphatic carbocycles. The summed E-state index contributed by atoms with van der Waals surface area (Å²) in [4.78, 5) is 24.9. The van der Waals surface area contributed by atoms with Gasteiger partial charge in [-0.25, -0.2) is 4.79 Å². The van der Waals surface area contributed by atoms with Crippen LogP contribution < -0.4 is 0 Å². The van der Waals surface area contributed by atoms with Crippen molar-refractivity contribution in [1.82, 2.24) is 4.90 Å². The molecule has 2 rings (SSSR count). The SMILES string of the molecule is CC(C)(C)OC(=O)N1CC(=O)CC1C1CC1. The van der Waals surface area contributed by atoms with Gasteiger partial charge in [0.1, 0.15) is 5.60 Å². The van der Waals surface area contributed by atoms with E-state index in [1.54, 1.807) is 4.90 Å². The van der Waals surface area contributed by atoms with Gasteiger partial charge in [0.05, 0.1) is 6.54 Å². The van der Waals surface area contributed by atoms with Crippen molar-refractivity contribution >= 4 is 11.9 Å². The van der Waals surface area contributed by atoms with Crippen LogP contribution in [0.15, 0.2) is 0 Å². The van der Waals surface area contributed by atoms with E-state index in [4.69, 9.17) is 4.74 Å². The molecule has 0 aromatic rings. The summed E-state index contributed by atoms with van der Waals surface area (Å²) in [6.07, 6.45) is 2.45. The Bertz CT molecular complexity index is 315. The molecule has 1 atom stereocenters. The number of hydrogen-bond acceptors (Lipinski definition) is 3. The Kier molecular flexibility index (Phi) is 2.68. The topological polar surface area (TPSA) is 46.6 Å². The first-order chi connectivity index (χ1) is 7.37. The third-order valence-corrected chi connectivity index (χ3v) is 2.98. The van der Waals surface area contributed by atoms with E-state index in [-0.39, 0.29) is 24.5 Å². The van der Waals surface area contributed by atoms with Crippen LogP contribution >= 0.6 is 0 Å². The zero-order valence-electron chi connectivity index (χ0n) is 10.2. The van der Waals surface area contributed by atoms with Crippen LogP contribution in [-0.2, 0) is 9.53 Å². The number of carbonyl (C=O) groups is 2. The van der Waals surface area contributed by atoms with Gasteiger partial charge in [-0.1, -0.05) is 0 Å². The van der Waals surface area contributed by atoms with Gasteiger partial charge in [0.15, 0.2) is 5.78 Å². The lowest BCUT2D eigenvalue weighted by Gasteiger charge is -2.27. The summed E-state index contributed by atoms with van der Waals surface area (Å²) in [6, 6.07) is 0.0994. The Morgan fingerprint density at radius 1 is 1.38 bits per heavy atom. The average molecular weight is 225 g/mol. The predicted octanol–water partition coefficient (Wildman–Crippen LogP) is 1.97. The van der Waals surface area contributed by atoms with E-state index < -0.39 is 5.60 Å². The lowest BCUT2D eigenvalue weighted by atomic mass is 10.1. The highest BCUT2D eigenvalue weighted by Crippen LogP contribution is 2.39. The van der Waals surface area contributed by atoms with Crippen molar-refractivity contribution < 1.29 is 14.3 Å². The van der Waals surface area contributed by atoms with Crippen molar-refractivity contribution in [2.45, 2.75) is 51.7 Å². The van der Waals surface area contributed by atoms with Gasteiger partial charge in [0.2, 0.25) is 0 Å². The molecule has 1 saturated heterocycles. The number of ketones is 1. The van der Waals surface area contributed by atoms with Crippen LogP contribution in [-0.4, -0.2) is 35.0 Å². The zero-order chi connectivity index (χ0) is 11.9. The largest absolute Gasteiger partial charge is 0.444 e. The van der Waals surface area contributed by atoms with Gasteiger partial charge in [0, 0.05) is 12.5 Å². The van der Waals surface area contributed by atoms with E-state index in [0.29, 0.717) is 12.3 Å². The fourth-order valence-corrected chi connectivity index (χ4v) is 2.14. The first-order valence-electron chi connectivity index (χ1n) is 5.88. The van der Waals surface area contributed by atoms with Crippen LogP contribution in [0, 0.1) is 5.92 Å². The lowest BCUT2D eigenvalue weighted by molar-refractivity contribution is -0.117. The van der Waals surface area contributed by atoms with Crippen molar-refractivity contribution in [2.24, 2.45) is 5.92 Å². The van der Waals surface area contributed by atoms with Crippen molar-refractivity contribution in [3.8, 4) is 0 Å². The molecule has 1 heterocycles. The highest BCUT2D eigenvalue weighted by Gasteiger charge is 2.44. The van der Waals surface area contributed by atoms with Gasteiger partial charge in [-0.2, -0.15) is 0 Å². The Hall–Kier alpha value is -1.06. The minimum Gasteiger partial charge on any atom is -0.444 e. The first kappa shape index (κ1) is 11.4. The Balaban J connectivity index is 2.01. The second-order valence-corrected chi connectivity index (χ2v) is 5.76. The van der Waals surface area contributed by atoms with E-state index in [9.17, 15) is 9.59 Å². The van der Waals surface area contributed by atoms with Crippen molar-refractivity contribution in [2.75, 3.05) is 6.54 Å². The minimum atomic E-state index is -0.489. The van der Waals surface area contributed by atoms with E-state index in [0.717, 1.165) is 12.8 Å². The number of amides is 1. The van der Waals surface area contributed by atoms with Crippen LogP contribution in [0.3, 0.4) is 0 Å². The van der Waals surface area contributed by atoms with Gasteiger partial charge in [0.25, 0.3) is 0 Å². The van der Waals surface area contributed by atoms with Crippen LogP contribution in [0.1, 0.15) is 40.0 Å².